The van der Waals surface area contributed by atoms with Crippen molar-refractivity contribution >= 4 is 43.0 Å². The molecule has 0 aromatic heterocycles. The molecule has 2 rings (SSSR count). The maximum atomic E-state index is 12.3. The Morgan fingerprint density at radius 2 is 1.24 bits per heavy atom. The highest BCUT2D eigenvalue weighted by Crippen LogP contribution is 2.09. The molecule has 29 heavy (non-hydrogen) atoms. The van der Waals surface area contributed by atoms with Crippen LogP contribution in [0.2, 0.25) is 0 Å². The summed E-state index contributed by atoms with van der Waals surface area (Å²) in [4.78, 5) is 36.0. The van der Waals surface area contributed by atoms with Gasteiger partial charge in [0.15, 0.2) is 0 Å². The zero-order chi connectivity index (χ0) is 21.2. The second-order valence-electron chi connectivity index (χ2n) is 6.56. The van der Waals surface area contributed by atoms with Crippen LogP contribution in [0.25, 0.3) is 0 Å². The van der Waals surface area contributed by atoms with Gasteiger partial charge in [0.1, 0.15) is 6.04 Å². The largest absolute Gasteiger partial charge is 0.480 e. The lowest BCUT2D eigenvalue weighted by Crippen LogP contribution is -2.51. The molecule has 3 atom stereocenters. The Balaban J connectivity index is 1.84. The van der Waals surface area contributed by atoms with Gasteiger partial charge in [-0.25, -0.2) is 4.79 Å². The molecular weight excluding hydrogens is 408 g/mol. The summed E-state index contributed by atoms with van der Waals surface area (Å²) in [6.07, 6.45) is 0.778. The molecule has 0 aliphatic rings. The average Bonchev–Trinajstić information content (AvgIpc) is 2.71. The number of benzene rings is 2. The Morgan fingerprint density at radius 3 is 1.69 bits per heavy atom. The van der Waals surface area contributed by atoms with Crippen molar-refractivity contribution < 1.29 is 19.5 Å². The standard InChI is InChI=1S/C21H24N2O4S2/c24-19(17(28)11-14-7-3-1-4-8-14)22-13-16(21(26)27)23-20(25)18(29)12-15-9-5-2-6-10-15/h1-10,16-18,28-29H,11-13H2,(H,22,24)(H,23,25)(H,26,27). The predicted octanol–water partition coefficient (Wildman–Crippen LogP) is 1.75. The van der Waals surface area contributed by atoms with Gasteiger partial charge in [0.25, 0.3) is 0 Å². The molecule has 0 spiro atoms. The maximum absolute atomic E-state index is 12.3. The number of carbonyl (C=O) groups is 3. The fraction of sp³-hybridized carbons (Fsp3) is 0.286. The van der Waals surface area contributed by atoms with Crippen LogP contribution in [0.3, 0.4) is 0 Å². The summed E-state index contributed by atoms with van der Waals surface area (Å²) in [6, 6.07) is 17.4. The Morgan fingerprint density at radius 1 is 0.793 bits per heavy atom. The van der Waals surface area contributed by atoms with E-state index in [1.807, 2.05) is 60.7 Å². The number of carboxylic acids is 1. The number of aliphatic carboxylic acids is 1. The minimum atomic E-state index is -1.26. The molecule has 3 unspecified atom stereocenters. The molecule has 2 aromatic carbocycles. The molecule has 0 aliphatic heterocycles. The van der Waals surface area contributed by atoms with Gasteiger partial charge >= 0.3 is 5.97 Å². The van der Waals surface area contributed by atoms with Gasteiger partial charge in [-0.2, -0.15) is 25.3 Å². The number of rotatable bonds is 10. The van der Waals surface area contributed by atoms with E-state index in [0.717, 1.165) is 11.1 Å². The molecule has 3 N–H and O–H groups in total. The lowest BCUT2D eigenvalue weighted by atomic mass is 10.1. The van der Waals surface area contributed by atoms with E-state index in [0.29, 0.717) is 12.8 Å². The van der Waals surface area contributed by atoms with Crippen LogP contribution in [0.15, 0.2) is 60.7 Å². The quantitative estimate of drug-likeness (QED) is 0.370. The molecule has 0 bridgehead atoms. The molecule has 154 valence electrons. The van der Waals surface area contributed by atoms with Gasteiger partial charge in [-0.15, -0.1) is 0 Å². The molecule has 2 amide bonds. The van der Waals surface area contributed by atoms with E-state index in [4.69, 9.17) is 0 Å². The van der Waals surface area contributed by atoms with E-state index < -0.39 is 34.3 Å². The topological polar surface area (TPSA) is 95.5 Å². The molecule has 0 saturated heterocycles. The third-order valence-electron chi connectivity index (χ3n) is 4.24. The van der Waals surface area contributed by atoms with E-state index >= 15 is 0 Å². The number of hydrogen-bond donors (Lipinski definition) is 5. The van der Waals surface area contributed by atoms with Gasteiger partial charge in [-0.3, -0.25) is 9.59 Å². The molecule has 0 fully saturated rings. The van der Waals surface area contributed by atoms with Crippen LogP contribution in [0.4, 0.5) is 0 Å². The van der Waals surface area contributed by atoms with Crippen LogP contribution in [0, 0.1) is 0 Å². The fourth-order valence-electron chi connectivity index (χ4n) is 2.65. The van der Waals surface area contributed by atoms with E-state index in [-0.39, 0.29) is 6.54 Å². The summed E-state index contributed by atoms with van der Waals surface area (Å²) < 4.78 is 0. The average molecular weight is 433 g/mol. The molecule has 6 nitrogen and oxygen atoms in total. The second kappa shape index (κ2) is 11.5. The van der Waals surface area contributed by atoms with E-state index in [2.05, 4.69) is 35.9 Å². The van der Waals surface area contributed by atoms with Gasteiger partial charge in [0, 0.05) is 6.54 Å². The normalized spacial score (nSPS) is 13.7. The summed E-state index contributed by atoms with van der Waals surface area (Å²) in [5, 5.41) is 13.0. The monoisotopic (exact) mass is 432 g/mol. The third kappa shape index (κ3) is 7.83. The van der Waals surface area contributed by atoms with Crippen LogP contribution >= 0.6 is 25.3 Å². The summed E-state index contributed by atoms with van der Waals surface area (Å²) in [6.45, 7) is -0.239. The molecule has 0 heterocycles. The van der Waals surface area contributed by atoms with Crippen molar-refractivity contribution in [1.29, 1.82) is 0 Å². The van der Waals surface area contributed by atoms with Crippen molar-refractivity contribution in [2.24, 2.45) is 0 Å². The first kappa shape index (κ1) is 22.8. The first-order chi connectivity index (χ1) is 13.9. The second-order valence-corrected chi connectivity index (χ2v) is 7.80. The van der Waals surface area contributed by atoms with Crippen molar-refractivity contribution in [3.8, 4) is 0 Å². The number of nitrogens with one attached hydrogen (secondary N) is 2. The lowest BCUT2D eigenvalue weighted by molar-refractivity contribution is -0.141. The van der Waals surface area contributed by atoms with Crippen molar-refractivity contribution in [3.63, 3.8) is 0 Å². The molecule has 0 saturated carbocycles. The van der Waals surface area contributed by atoms with Crippen LogP contribution in [0.5, 0.6) is 0 Å². The Bertz CT molecular complexity index is 818. The van der Waals surface area contributed by atoms with Crippen molar-refractivity contribution in [3.05, 3.63) is 71.8 Å². The SMILES string of the molecule is O=C(NCC(NC(=O)C(S)Cc1ccccc1)C(=O)O)C(S)Cc1ccccc1. The van der Waals surface area contributed by atoms with Gasteiger partial charge in [0.05, 0.1) is 10.5 Å². The smallest absolute Gasteiger partial charge is 0.328 e. The molecule has 0 aliphatic carbocycles. The summed E-state index contributed by atoms with van der Waals surface area (Å²) in [5.74, 6) is -2.15. The minimum Gasteiger partial charge on any atom is -0.480 e. The number of carboxylic acid groups (broad SMARTS) is 1. The first-order valence-electron chi connectivity index (χ1n) is 9.11. The van der Waals surface area contributed by atoms with Gasteiger partial charge < -0.3 is 15.7 Å². The third-order valence-corrected chi connectivity index (χ3v) is 5.08. The molecule has 0 radical (unpaired) electrons. The molecule has 8 heteroatoms. The van der Waals surface area contributed by atoms with Crippen LogP contribution < -0.4 is 10.6 Å². The van der Waals surface area contributed by atoms with E-state index in [1.54, 1.807) is 0 Å². The zero-order valence-electron chi connectivity index (χ0n) is 15.7. The zero-order valence-corrected chi connectivity index (χ0v) is 17.5. The highest BCUT2D eigenvalue weighted by molar-refractivity contribution is 7.82. The summed E-state index contributed by atoms with van der Waals surface area (Å²) in [5.41, 5.74) is 1.87. The maximum Gasteiger partial charge on any atom is 0.328 e. The summed E-state index contributed by atoms with van der Waals surface area (Å²) >= 11 is 8.56. The minimum absolute atomic E-state index is 0.239. The molecule has 2 aromatic rings. The fourth-order valence-corrected chi connectivity index (χ4v) is 3.24. The summed E-state index contributed by atoms with van der Waals surface area (Å²) in [7, 11) is 0. The number of hydrogen-bond acceptors (Lipinski definition) is 5. The lowest BCUT2D eigenvalue weighted by Gasteiger charge is -2.19. The van der Waals surface area contributed by atoms with Crippen LogP contribution in [0.1, 0.15) is 11.1 Å². The Labute approximate surface area is 180 Å². The Kier molecular flexibility index (Phi) is 9.08. The van der Waals surface area contributed by atoms with Crippen molar-refractivity contribution in [1.82, 2.24) is 10.6 Å². The van der Waals surface area contributed by atoms with Crippen molar-refractivity contribution in [2.45, 2.75) is 29.4 Å². The predicted molar refractivity (Wildman–Crippen MR) is 118 cm³/mol. The van der Waals surface area contributed by atoms with Crippen LogP contribution in [-0.4, -0.2) is 46.0 Å². The number of amides is 2. The highest BCUT2D eigenvalue weighted by atomic mass is 32.1. The van der Waals surface area contributed by atoms with E-state index in [1.165, 1.54) is 0 Å². The van der Waals surface area contributed by atoms with Crippen molar-refractivity contribution in [2.75, 3.05) is 6.54 Å². The highest BCUT2D eigenvalue weighted by Gasteiger charge is 2.25. The molecular formula is C21H24N2O4S2. The number of carbonyl (C=O) groups excluding carboxylic acids is 2. The van der Waals surface area contributed by atoms with Gasteiger partial charge in [-0.1, -0.05) is 60.7 Å². The van der Waals surface area contributed by atoms with Gasteiger partial charge in [-0.05, 0) is 24.0 Å². The van der Waals surface area contributed by atoms with Gasteiger partial charge in [0.2, 0.25) is 11.8 Å². The van der Waals surface area contributed by atoms with E-state index in [9.17, 15) is 19.5 Å². The van der Waals surface area contributed by atoms with Crippen LogP contribution in [-0.2, 0) is 27.2 Å². The number of thiol groups is 2. The first-order valence-corrected chi connectivity index (χ1v) is 10.1. The Hall–Kier alpha value is -2.45.